The second-order valence-electron chi connectivity index (χ2n) is 8.56. The Kier molecular flexibility index (Phi) is 5.15. The zero-order valence-electron chi connectivity index (χ0n) is 17.4. The van der Waals surface area contributed by atoms with Crippen molar-refractivity contribution in [1.82, 2.24) is 10.3 Å². The Morgan fingerprint density at radius 1 is 1.23 bits per heavy atom. The Labute approximate surface area is 186 Å². The van der Waals surface area contributed by atoms with Gasteiger partial charge in [-0.1, -0.05) is 24.4 Å². The first-order valence-corrected chi connectivity index (χ1v) is 11.3. The number of fused-ring (bicyclic) bond motifs is 3. The molecule has 1 aliphatic heterocycles. The molecule has 2 heterocycles. The van der Waals surface area contributed by atoms with Gasteiger partial charge in [0.05, 0.1) is 33.7 Å². The van der Waals surface area contributed by atoms with Crippen molar-refractivity contribution in [3.63, 3.8) is 0 Å². The van der Waals surface area contributed by atoms with E-state index < -0.39 is 0 Å². The Balaban J connectivity index is 1.57. The molecular formula is C24H24ClN5O. The highest BCUT2D eigenvalue weighted by atomic mass is 35.5. The number of carbonyl (C=O) groups excluding carboxylic acids is 1. The minimum absolute atomic E-state index is 0.170. The lowest BCUT2D eigenvalue weighted by Crippen LogP contribution is -2.40. The second kappa shape index (κ2) is 7.97. The van der Waals surface area contributed by atoms with Crippen LogP contribution in [0.1, 0.15) is 59.4 Å². The minimum Gasteiger partial charge on any atom is -0.354 e. The summed E-state index contributed by atoms with van der Waals surface area (Å²) < 4.78 is 0. The molecule has 0 bridgehead atoms. The highest BCUT2D eigenvalue weighted by Crippen LogP contribution is 2.44. The van der Waals surface area contributed by atoms with Crippen molar-refractivity contribution in [3.8, 4) is 6.07 Å². The van der Waals surface area contributed by atoms with E-state index in [0.29, 0.717) is 28.1 Å². The zero-order chi connectivity index (χ0) is 21.5. The van der Waals surface area contributed by atoms with Crippen LogP contribution in [0.2, 0.25) is 5.02 Å². The van der Waals surface area contributed by atoms with Gasteiger partial charge in [-0.2, -0.15) is 10.4 Å². The van der Waals surface area contributed by atoms with Gasteiger partial charge in [-0.15, -0.1) is 0 Å². The Morgan fingerprint density at radius 3 is 2.74 bits per heavy atom. The first-order valence-electron chi connectivity index (χ1n) is 10.9. The lowest BCUT2D eigenvalue weighted by atomic mass is 9.76. The number of aromatic nitrogens is 1. The molecule has 1 aromatic carbocycles. The molecule has 2 atom stereocenters. The van der Waals surface area contributed by atoms with E-state index in [4.69, 9.17) is 16.7 Å². The quantitative estimate of drug-likeness (QED) is 0.781. The summed E-state index contributed by atoms with van der Waals surface area (Å²) in [5.41, 5.74) is 4.91. The second-order valence-corrected chi connectivity index (χ2v) is 8.96. The molecule has 0 radical (unpaired) electrons. The molecule has 5 rings (SSSR count). The fraction of sp³-hybridized carbons (Fsp3) is 0.417. The zero-order valence-corrected chi connectivity index (χ0v) is 18.2. The van der Waals surface area contributed by atoms with Gasteiger partial charge >= 0.3 is 0 Å². The van der Waals surface area contributed by atoms with E-state index in [0.717, 1.165) is 35.5 Å². The maximum absolute atomic E-state index is 12.0. The van der Waals surface area contributed by atoms with E-state index in [1.54, 1.807) is 19.2 Å². The number of carbonyl (C=O) groups is 1. The van der Waals surface area contributed by atoms with Crippen molar-refractivity contribution in [3.05, 3.63) is 57.9 Å². The number of benzene rings is 1. The summed E-state index contributed by atoms with van der Waals surface area (Å²) in [6.07, 6.45) is 6.76. The standard InChI is InChI=1S/C24H24ClN5O/c1-27-24(31)21-11-8-17-20(28-21)10-9-18-22(17)29-30(23(18)14-4-2-3-5-14)16-7-6-15(13-26)19(25)12-16/h6-8,11-12,14,18,23H,2-5,9-10H2,1H3,(H,27,31). The van der Waals surface area contributed by atoms with E-state index in [9.17, 15) is 10.1 Å². The van der Waals surface area contributed by atoms with Crippen LogP contribution < -0.4 is 10.3 Å². The summed E-state index contributed by atoms with van der Waals surface area (Å²) in [5.74, 6) is 0.744. The number of pyridine rings is 1. The van der Waals surface area contributed by atoms with Crippen LogP contribution in [0, 0.1) is 23.2 Å². The number of hydrogen-bond donors (Lipinski definition) is 1. The van der Waals surface area contributed by atoms with Crippen LogP contribution in [0.5, 0.6) is 0 Å². The van der Waals surface area contributed by atoms with Gasteiger partial charge in [0, 0.05) is 18.5 Å². The van der Waals surface area contributed by atoms with Crippen molar-refractivity contribution >= 4 is 28.9 Å². The number of nitrogens with zero attached hydrogens (tertiary/aromatic N) is 4. The number of rotatable bonds is 3. The van der Waals surface area contributed by atoms with Gasteiger partial charge in [0.1, 0.15) is 11.8 Å². The van der Waals surface area contributed by atoms with Crippen LogP contribution >= 0.6 is 11.6 Å². The van der Waals surface area contributed by atoms with Crippen LogP contribution in [0.3, 0.4) is 0 Å². The van der Waals surface area contributed by atoms with E-state index in [1.165, 1.54) is 25.7 Å². The molecule has 7 heteroatoms. The number of amides is 1. The Bertz CT molecular complexity index is 1120. The maximum Gasteiger partial charge on any atom is 0.269 e. The van der Waals surface area contributed by atoms with Crippen LogP contribution in [0.4, 0.5) is 5.69 Å². The molecule has 1 aromatic heterocycles. The molecule has 6 nitrogen and oxygen atoms in total. The molecule has 0 spiro atoms. The SMILES string of the molecule is CNC(=O)c1ccc2c(n1)CCC1C2=NN(c2ccc(C#N)c(Cl)c2)C1C1CCCC1. The first-order chi connectivity index (χ1) is 15.1. The molecular weight excluding hydrogens is 410 g/mol. The predicted molar refractivity (Wildman–Crippen MR) is 120 cm³/mol. The largest absolute Gasteiger partial charge is 0.354 e. The van der Waals surface area contributed by atoms with Gasteiger partial charge in [-0.05, 0) is 61.9 Å². The van der Waals surface area contributed by atoms with Gasteiger partial charge in [0.15, 0.2) is 0 Å². The molecule has 0 saturated heterocycles. The third kappa shape index (κ3) is 3.37. The van der Waals surface area contributed by atoms with Crippen molar-refractivity contribution in [2.75, 3.05) is 12.1 Å². The monoisotopic (exact) mass is 433 g/mol. The van der Waals surface area contributed by atoms with Crippen LogP contribution in [0.25, 0.3) is 0 Å². The first kappa shape index (κ1) is 20.0. The fourth-order valence-electron chi connectivity index (χ4n) is 5.42. The van der Waals surface area contributed by atoms with Crippen molar-refractivity contribution in [1.29, 1.82) is 5.26 Å². The highest BCUT2D eigenvalue weighted by molar-refractivity contribution is 6.32. The van der Waals surface area contributed by atoms with Gasteiger partial charge in [0.2, 0.25) is 0 Å². The summed E-state index contributed by atoms with van der Waals surface area (Å²) >= 11 is 6.36. The number of nitrogens with one attached hydrogen (secondary N) is 1. The van der Waals surface area contributed by atoms with Crippen molar-refractivity contribution < 1.29 is 4.79 Å². The van der Waals surface area contributed by atoms with E-state index >= 15 is 0 Å². The third-order valence-corrected chi connectivity index (χ3v) is 7.20. The van der Waals surface area contributed by atoms with Gasteiger partial charge in [-0.3, -0.25) is 9.80 Å². The number of anilines is 1. The number of aryl methyl sites for hydroxylation is 1. The fourth-order valence-corrected chi connectivity index (χ4v) is 5.63. The van der Waals surface area contributed by atoms with E-state index in [1.807, 2.05) is 18.2 Å². The maximum atomic E-state index is 12.0. The summed E-state index contributed by atoms with van der Waals surface area (Å²) in [5, 5.41) is 19.6. The summed E-state index contributed by atoms with van der Waals surface area (Å²) in [7, 11) is 1.62. The molecule has 3 aliphatic rings. The molecule has 2 aromatic rings. The molecule has 2 unspecified atom stereocenters. The lowest BCUT2D eigenvalue weighted by Gasteiger charge is -2.34. The van der Waals surface area contributed by atoms with Gasteiger partial charge in [-0.25, -0.2) is 4.98 Å². The molecule has 1 N–H and O–H groups in total. The van der Waals surface area contributed by atoms with Crippen LogP contribution in [0.15, 0.2) is 35.4 Å². The molecule has 1 fully saturated rings. The number of nitriles is 1. The molecule has 31 heavy (non-hydrogen) atoms. The normalized spacial score (nSPS) is 22.5. The molecule has 2 aliphatic carbocycles. The minimum atomic E-state index is -0.170. The van der Waals surface area contributed by atoms with Gasteiger partial charge < -0.3 is 5.32 Å². The molecule has 1 saturated carbocycles. The summed E-state index contributed by atoms with van der Waals surface area (Å²) in [6.45, 7) is 0. The Morgan fingerprint density at radius 2 is 2.03 bits per heavy atom. The van der Waals surface area contributed by atoms with Gasteiger partial charge in [0.25, 0.3) is 5.91 Å². The molecule has 158 valence electrons. The van der Waals surface area contributed by atoms with Crippen LogP contribution in [-0.2, 0) is 6.42 Å². The van der Waals surface area contributed by atoms with E-state index in [-0.39, 0.29) is 11.9 Å². The summed E-state index contributed by atoms with van der Waals surface area (Å²) in [6, 6.07) is 11.8. The van der Waals surface area contributed by atoms with Crippen LogP contribution in [-0.4, -0.2) is 29.7 Å². The highest BCUT2D eigenvalue weighted by Gasteiger charge is 2.46. The number of hydrogen-bond acceptors (Lipinski definition) is 5. The van der Waals surface area contributed by atoms with Crippen molar-refractivity contribution in [2.45, 2.75) is 44.6 Å². The average molecular weight is 434 g/mol. The van der Waals surface area contributed by atoms with E-state index in [2.05, 4.69) is 21.4 Å². The topological polar surface area (TPSA) is 81.4 Å². The Hall–Kier alpha value is -2.91. The molecule has 1 amide bonds. The lowest BCUT2D eigenvalue weighted by molar-refractivity contribution is 0.0958. The summed E-state index contributed by atoms with van der Waals surface area (Å²) in [4.78, 5) is 16.7. The smallest absolute Gasteiger partial charge is 0.269 e. The van der Waals surface area contributed by atoms with Crippen molar-refractivity contribution in [2.24, 2.45) is 16.9 Å². The average Bonchev–Trinajstić information content (AvgIpc) is 3.45. The number of halogens is 1. The predicted octanol–water partition coefficient (Wildman–Crippen LogP) is 4.31. The number of hydrazone groups is 1. The third-order valence-electron chi connectivity index (χ3n) is 6.88.